The number of aryl methyl sites for hydroxylation is 1. The van der Waals surface area contributed by atoms with Crippen LogP contribution in [0.25, 0.3) is 0 Å². The second-order valence-electron chi connectivity index (χ2n) is 4.47. The Hall–Kier alpha value is -1.68. The summed E-state index contributed by atoms with van der Waals surface area (Å²) in [5.41, 5.74) is 2.53. The first kappa shape index (κ1) is 12.8. The molecule has 2 aromatic rings. The van der Waals surface area contributed by atoms with Gasteiger partial charge >= 0.3 is 0 Å². The van der Waals surface area contributed by atoms with Crippen LogP contribution in [0.2, 0.25) is 0 Å². The minimum absolute atomic E-state index is 0.461. The van der Waals surface area contributed by atoms with Crippen LogP contribution in [0.3, 0.4) is 0 Å². The highest BCUT2D eigenvalue weighted by atomic mass is 15.4. The van der Waals surface area contributed by atoms with Gasteiger partial charge in [-0.15, -0.1) is 5.10 Å². The number of rotatable bonds is 6. The zero-order chi connectivity index (χ0) is 12.8. The average molecular weight is 244 g/mol. The molecular formula is C14H20N4. The lowest BCUT2D eigenvalue weighted by atomic mass is 9.94. The zero-order valence-corrected chi connectivity index (χ0v) is 11.0. The SMILES string of the molecule is CCNCC(Cc1cnnn1C)c1ccccc1. The first-order valence-corrected chi connectivity index (χ1v) is 6.40. The number of aromatic nitrogens is 3. The Morgan fingerprint density at radius 2 is 2.06 bits per heavy atom. The van der Waals surface area contributed by atoms with Gasteiger partial charge in [-0.2, -0.15) is 0 Å². The van der Waals surface area contributed by atoms with Gasteiger partial charge in [0.15, 0.2) is 0 Å². The van der Waals surface area contributed by atoms with Crippen molar-refractivity contribution in [3.63, 3.8) is 0 Å². The van der Waals surface area contributed by atoms with E-state index in [1.165, 1.54) is 11.3 Å². The molecule has 0 fully saturated rings. The largest absolute Gasteiger partial charge is 0.316 e. The molecule has 0 amide bonds. The second kappa shape index (κ2) is 6.31. The fourth-order valence-electron chi connectivity index (χ4n) is 2.10. The van der Waals surface area contributed by atoms with Crippen molar-refractivity contribution in [1.82, 2.24) is 20.3 Å². The molecule has 1 unspecified atom stereocenters. The molecule has 1 atom stereocenters. The molecular weight excluding hydrogens is 224 g/mol. The summed E-state index contributed by atoms with van der Waals surface area (Å²) in [6, 6.07) is 10.6. The lowest BCUT2D eigenvalue weighted by Crippen LogP contribution is -2.23. The predicted molar refractivity (Wildman–Crippen MR) is 72.4 cm³/mol. The smallest absolute Gasteiger partial charge is 0.0725 e. The summed E-state index contributed by atoms with van der Waals surface area (Å²) in [5.74, 6) is 0.461. The van der Waals surface area contributed by atoms with E-state index < -0.39 is 0 Å². The Bertz CT molecular complexity index is 464. The van der Waals surface area contributed by atoms with Crippen molar-refractivity contribution in [3.8, 4) is 0 Å². The molecule has 0 saturated carbocycles. The molecule has 0 spiro atoms. The van der Waals surface area contributed by atoms with Crippen molar-refractivity contribution < 1.29 is 0 Å². The lowest BCUT2D eigenvalue weighted by Gasteiger charge is -2.17. The topological polar surface area (TPSA) is 42.7 Å². The van der Waals surface area contributed by atoms with Gasteiger partial charge in [-0.05, 0) is 18.5 Å². The Balaban J connectivity index is 2.13. The minimum Gasteiger partial charge on any atom is -0.316 e. The highest BCUT2D eigenvalue weighted by Gasteiger charge is 2.13. The molecule has 0 saturated heterocycles. The number of hydrogen-bond donors (Lipinski definition) is 1. The van der Waals surface area contributed by atoms with E-state index in [0.29, 0.717) is 5.92 Å². The zero-order valence-electron chi connectivity index (χ0n) is 11.0. The molecule has 1 heterocycles. The Morgan fingerprint density at radius 3 is 2.67 bits per heavy atom. The van der Waals surface area contributed by atoms with Gasteiger partial charge in [-0.3, -0.25) is 4.68 Å². The maximum atomic E-state index is 3.99. The van der Waals surface area contributed by atoms with E-state index in [9.17, 15) is 0 Å². The number of nitrogens with one attached hydrogen (secondary N) is 1. The summed E-state index contributed by atoms with van der Waals surface area (Å²) in [6.45, 7) is 4.10. The van der Waals surface area contributed by atoms with E-state index in [2.05, 4.69) is 52.9 Å². The first-order valence-electron chi connectivity index (χ1n) is 6.40. The molecule has 0 aliphatic heterocycles. The van der Waals surface area contributed by atoms with Gasteiger partial charge < -0.3 is 5.32 Å². The lowest BCUT2D eigenvalue weighted by molar-refractivity contribution is 0.568. The highest BCUT2D eigenvalue weighted by Crippen LogP contribution is 2.19. The summed E-state index contributed by atoms with van der Waals surface area (Å²) in [6.07, 6.45) is 2.81. The Labute approximate surface area is 108 Å². The van der Waals surface area contributed by atoms with Crippen LogP contribution in [-0.4, -0.2) is 28.1 Å². The van der Waals surface area contributed by atoms with Gasteiger partial charge in [0.25, 0.3) is 0 Å². The molecule has 2 rings (SSSR count). The summed E-state index contributed by atoms with van der Waals surface area (Å²) >= 11 is 0. The van der Waals surface area contributed by atoms with Gasteiger partial charge in [0.1, 0.15) is 0 Å². The predicted octanol–water partition coefficient (Wildman–Crippen LogP) is 1.75. The monoisotopic (exact) mass is 244 g/mol. The number of benzene rings is 1. The van der Waals surface area contributed by atoms with Crippen molar-refractivity contribution in [1.29, 1.82) is 0 Å². The van der Waals surface area contributed by atoms with Crippen molar-refractivity contribution >= 4 is 0 Å². The highest BCUT2D eigenvalue weighted by molar-refractivity contribution is 5.21. The van der Waals surface area contributed by atoms with Crippen LogP contribution in [0.15, 0.2) is 36.5 Å². The third-order valence-electron chi connectivity index (χ3n) is 3.18. The maximum absolute atomic E-state index is 3.99. The Morgan fingerprint density at radius 1 is 1.28 bits per heavy atom. The van der Waals surface area contributed by atoms with Gasteiger partial charge in [0.05, 0.1) is 11.9 Å². The maximum Gasteiger partial charge on any atom is 0.0725 e. The summed E-state index contributed by atoms with van der Waals surface area (Å²) in [7, 11) is 1.94. The standard InChI is InChI=1S/C14H20N4/c1-3-15-10-13(12-7-5-4-6-8-12)9-14-11-16-17-18(14)2/h4-8,11,13,15H,3,9-10H2,1-2H3. The van der Waals surface area contributed by atoms with E-state index in [1.807, 2.05) is 17.9 Å². The minimum atomic E-state index is 0.461. The normalized spacial score (nSPS) is 12.6. The van der Waals surface area contributed by atoms with Crippen LogP contribution in [-0.2, 0) is 13.5 Å². The van der Waals surface area contributed by atoms with Crippen molar-refractivity contribution in [3.05, 3.63) is 47.8 Å². The van der Waals surface area contributed by atoms with Gasteiger partial charge in [-0.25, -0.2) is 0 Å². The van der Waals surface area contributed by atoms with Crippen LogP contribution in [0, 0.1) is 0 Å². The van der Waals surface area contributed by atoms with E-state index in [-0.39, 0.29) is 0 Å². The quantitative estimate of drug-likeness (QED) is 0.842. The van der Waals surface area contributed by atoms with E-state index >= 15 is 0 Å². The van der Waals surface area contributed by atoms with Crippen LogP contribution >= 0.6 is 0 Å². The van der Waals surface area contributed by atoms with E-state index in [1.54, 1.807) is 0 Å². The Kier molecular flexibility index (Phi) is 4.47. The van der Waals surface area contributed by atoms with E-state index in [0.717, 1.165) is 19.5 Å². The molecule has 0 bridgehead atoms. The van der Waals surface area contributed by atoms with Crippen molar-refractivity contribution in [2.45, 2.75) is 19.3 Å². The van der Waals surface area contributed by atoms with Crippen LogP contribution in [0.1, 0.15) is 24.1 Å². The number of nitrogens with zero attached hydrogens (tertiary/aromatic N) is 3. The average Bonchev–Trinajstić information content (AvgIpc) is 2.81. The third kappa shape index (κ3) is 3.17. The molecule has 18 heavy (non-hydrogen) atoms. The fraction of sp³-hybridized carbons (Fsp3) is 0.429. The fourth-order valence-corrected chi connectivity index (χ4v) is 2.10. The number of hydrogen-bond acceptors (Lipinski definition) is 3. The molecule has 4 nitrogen and oxygen atoms in total. The molecule has 1 N–H and O–H groups in total. The molecule has 0 aliphatic rings. The van der Waals surface area contributed by atoms with Crippen molar-refractivity contribution in [2.24, 2.45) is 7.05 Å². The van der Waals surface area contributed by atoms with Gasteiger partial charge in [-0.1, -0.05) is 42.5 Å². The van der Waals surface area contributed by atoms with E-state index in [4.69, 9.17) is 0 Å². The summed E-state index contributed by atoms with van der Waals surface area (Å²) < 4.78 is 1.85. The second-order valence-corrected chi connectivity index (χ2v) is 4.47. The third-order valence-corrected chi connectivity index (χ3v) is 3.18. The van der Waals surface area contributed by atoms with Crippen LogP contribution < -0.4 is 5.32 Å². The summed E-state index contributed by atoms with van der Waals surface area (Å²) in [5, 5.41) is 11.4. The summed E-state index contributed by atoms with van der Waals surface area (Å²) in [4.78, 5) is 0. The van der Waals surface area contributed by atoms with Crippen LogP contribution in [0.4, 0.5) is 0 Å². The van der Waals surface area contributed by atoms with Gasteiger partial charge in [0.2, 0.25) is 0 Å². The number of likely N-dealkylation sites (N-methyl/N-ethyl adjacent to an activating group) is 1. The van der Waals surface area contributed by atoms with Crippen molar-refractivity contribution in [2.75, 3.05) is 13.1 Å². The van der Waals surface area contributed by atoms with Gasteiger partial charge in [0, 0.05) is 19.5 Å². The van der Waals surface area contributed by atoms with Crippen LogP contribution in [0.5, 0.6) is 0 Å². The molecule has 0 aliphatic carbocycles. The molecule has 96 valence electrons. The molecule has 4 heteroatoms. The molecule has 1 aromatic heterocycles. The molecule has 0 radical (unpaired) electrons. The first-order chi connectivity index (χ1) is 8.81. The molecule has 1 aromatic carbocycles.